The molecule has 2 rings (SSSR count). The van der Waals surface area contributed by atoms with E-state index in [1.165, 1.54) is 0 Å². The van der Waals surface area contributed by atoms with E-state index in [-0.39, 0.29) is 18.2 Å². The smallest absolute Gasteiger partial charge is 0.146 e. The summed E-state index contributed by atoms with van der Waals surface area (Å²) in [5, 5.41) is 3.30. The summed E-state index contributed by atoms with van der Waals surface area (Å²) >= 11 is 0. The van der Waals surface area contributed by atoms with Crippen LogP contribution in [0.3, 0.4) is 0 Å². The summed E-state index contributed by atoms with van der Waals surface area (Å²) in [4.78, 5) is 2.13. The minimum absolute atomic E-state index is 0. The highest BCUT2D eigenvalue weighted by atomic mass is 35.5. The molecule has 1 aliphatic rings. The van der Waals surface area contributed by atoms with Crippen LogP contribution in [0, 0.1) is 12.7 Å². The van der Waals surface area contributed by atoms with Crippen LogP contribution in [0.2, 0.25) is 0 Å². The molecule has 1 saturated heterocycles. The molecular formula is C12H18ClFN2. The van der Waals surface area contributed by atoms with Gasteiger partial charge >= 0.3 is 0 Å². The normalized spacial score (nSPS) is 20.4. The number of rotatable bonds is 1. The van der Waals surface area contributed by atoms with Crippen molar-refractivity contribution in [1.29, 1.82) is 0 Å². The molecule has 1 fully saturated rings. The summed E-state index contributed by atoms with van der Waals surface area (Å²) in [7, 11) is 0. The first-order valence-electron chi connectivity index (χ1n) is 5.42. The van der Waals surface area contributed by atoms with Crippen molar-refractivity contribution in [2.45, 2.75) is 19.9 Å². The van der Waals surface area contributed by atoms with Gasteiger partial charge in [0.1, 0.15) is 5.82 Å². The Kier molecular flexibility index (Phi) is 4.56. The summed E-state index contributed by atoms with van der Waals surface area (Å²) in [6, 6.07) is 5.81. The summed E-state index contributed by atoms with van der Waals surface area (Å²) in [6.45, 7) is 6.76. The third kappa shape index (κ3) is 2.66. The predicted molar refractivity (Wildman–Crippen MR) is 68.1 cm³/mol. The van der Waals surface area contributed by atoms with E-state index in [0.717, 1.165) is 30.9 Å². The van der Waals surface area contributed by atoms with Gasteiger partial charge in [0.25, 0.3) is 0 Å². The largest absolute Gasteiger partial charge is 0.364 e. The molecule has 1 atom stereocenters. The van der Waals surface area contributed by atoms with Gasteiger partial charge in [0.2, 0.25) is 0 Å². The van der Waals surface area contributed by atoms with Crippen LogP contribution in [0.4, 0.5) is 10.1 Å². The average Bonchev–Trinajstić information content (AvgIpc) is 2.20. The van der Waals surface area contributed by atoms with Crippen molar-refractivity contribution in [2.75, 3.05) is 24.5 Å². The fraction of sp³-hybridized carbons (Fsp3) is 0.500. The lowest BCUT2D eigenvalue weighted by molar-refractivity contribution is 0.491. The van der Waals surface area contributed by atoms with Gasteiger partial charge in [-0.1, -0.05) is 6.07 Å². The topological polar surface area (TPSA) is 15.3 Å². The molecule has 0 saturated carbocycles. The Morgan fingerprint density at radius 1 is 1.44 bits per heavy atom. The maximum absolute atomic E-state index is 13.7. The van der Waals surface area contributed by atoms with Crippen molar-refractivity contribution in [3.63, 3.8) is 0 Å². The molecule has 1 N–H and O–H groups in total. The number of anilines is 1. The zero-order valence-corrected chi connectivity index (χ0v) is 10.5. The summed E-state index contributed by atoms with van der Waals surface area (Å²) in [5.41, 5.74) is 1.70. The van der Waals surface area contributed by atoms with Gasteiger partial charge in [0.05, 0.1) is 5.69 Å². The first-order valence-corrected chi connectivity index (χ1v) is 5.42. The monoisotopic (exact) mass is 244 g/mol. The molecule has 2 nitrogen and oxygen atoms in total. The molecule has 0 amide bonds. The van der Waals surface area contributed by atoms with Gasteiger partial charge in [0, 0.05) is 25.7 Å². The van der Waals surface area contributed by atoms with Gasteiger partial charge in [-0.3, -0.25) is 0 Å². The lowest BCUT2D eigenvalue weighted by Gasteiger charge is -2.36. The van der Waals surface area contributed by atoms with Crippen LogP contribution >= 0.6 is 12.4 Å². The zero-order chi connectivity index (χ0) is 10.8. The van der Waals surface area contributed by atoms with Gasteiger partial charge < -0.3 is 10.2 Å². The second-order valence-electron chi connectivity index (χ2n) is 4.20. The number of nitrogens with one attached hydrogen (secondary N) is 1. The van der Waals surface area contributed by atoms with E-state index in [2.05, 4.69) is 17.1 Å². The van der Waals surface area contributed by atoms with Gasteiger partial charge in [-0.2, -0.15) is 0 Å². The summed E-state index contributed by atoms with van der Waals surface area (Å²) in [5.74, 6) is -0.108. The van der Waals surface area contributed by atoms with Crippen LogP contribution in [-0.4, -0.2) is 25.7 Å². The molecule has 0 aromatic heterocycles. The van der Waals surface area contributed by atoms with E-state index in [0.29, 0.717) is 6.04 Å². The highest BCUT2D eigenvalue weighted by Crippen LogP contribution is 2.22. The lowest BCUT2D eigenvalue weighted by atomic mass is 10.1. The van der Waals surface area contributed by atoms with Crippen LogP contribution in [0.1, 0.15) is 12.5 Å². The second kappa shape index (κ2) is 5.51. The van der Waals surface area contributed by atoms with Crippen molar-refractivity contribution in [1.82, 2.24) is 5.32 Å². The van der Waals surface area contributed by atoms with Crippen LogP contribution in [0.15, 0.2) is 18.2 Å². The Bertz CT molecular complexity index is 357. The Morgan fingerprint density at radius 3 is 2.81 bits per heavy atom. The summed E-state index contributed by atoms with van der Waals surface area (Å²) < 4.78 is 13.7. The van der Waals surface area contributed by atoms with Gasteiger partial charge in [0.15, 0.2) is 0 Å². The molecular weight excluding hydrogens is 227 g/mol. The number of nitrogens with zero attached hydrogens (tertiary/aromatic N) is 1. The molecule has 1 aliphatic heterocycles. The SMILES string of the molecule is Cc1ccc(N2CCNCC2C)c(F)c1.Cl. The number of piperazine rings is 1. The third-order valence-electron chi connectivity index (χ3n) is 2.91. The van der Waals surface area contributed by atoms with Crippen LogP contribution in [0.25, 0.3) is 0 Å². The Hall–Kier alpha value is -0.800. The molecule has 4 heteroatoms. The third-order valence-corrected chi connectivity index (χ3v) is 2.91. The first kappa shape index (κ1) is 13.3. The molecule has 1 unspecified atom stereocenters. The molecule has 0 bridgehead atoms. The van der Waals surface area contributed by atoms with Gasteiger partial charge in [-0.25, -0.2) is 4.39 Å². The number of hydrogen-bond acceptors (Lipinski definition) is 2. The van der Waals surface area contributed by atoms with Crippen molar-refractivity contribution in [3.8, 4) is 0 Å². The molecule has 1 heterocycles. The second-order valence-corrected chi connectivity index (χ2v) is 4.20. The standard InChI is InChI=1S/C12H17FN2.ClH/c1-9-3-4-12(11(13)7-9)15-6-5-14-8-10(15)2;/h3-4,7,10,14H,5-6,8H2,1-2H3;1H. The number of hydrogen-bond donors (Lipinski definition) is 1. The van der Waals surface area contributed by atoms with Crippen LogP contribution in [0.5, 0.6) is 0 Å². The highest BCUT2D eigenvalue weighted by Gasteiger charge is 2.20. The first-order chi connectivity index (χ1) is 7.18. The van der Waals surface area contributed by atoms with Gasteiger partial charge in [-0.05, 0) is 31.5 Å². The Labute approximate surface area is 102 Å². The minimum Gasteiger partial charge on any atom is -0.364 e. The van der Waals surface area contributed by atoms with Crippen LogP contribution < -0.4 is 10.2 Å². The van der Waals surface area contributed by atoms with E-state index in [9.17, 15) is 4.39 Å². The van der Waals surface area contributed by atoms with Crippen molar-refractivity contribution < 1.29 is 4.39 Å². The van der Waals surface area contributed by atoms with E-state index < -0.39 is 0 Å². The van der Waals surface area contributed by atoms with E-state index >= 15 is 0 Å². The number of benzene rings is 1. The lowest BCUT2D eigenvalue weighted by Crippen LogP contribution is -2.50. The predicted octanol–water partition coefficient (Wildman–Crippen LogP) is 2.35. The Morgan fingerprint density at radius 2 is 2.19 bits per heavy atom. The Balaban J connectivity index is 0.00000128. The van der Waals surface area contributed by atoms with Gasteiger partial charge in [-0.15, -0.1) is 12.4 Å². The molecule has 0 aliphatic carbocycles. The van der Waals surface area contributed by atoms with Crippen molar-refractivity contribution >= 4 is 18.1 Å². The van der Waals surface area contributed by atoms with Crippen LogP contribution in [-0.2, 0) is 0 Å². The fourth-order valence-electron chi connectivity index (χ4n) is 2.04. The fourth-order valence-corrected chi connectivity index (χ4v) is 2.04. The molecule has 90 valence electrons. The minimum atomic E-state index is -0.108. The van der Waals surface area contributed by atoms with Crippen molar-refractivity contribution in [2.24, 2.45) is 0 Å². The van der Waals surface area contributed by atoms with E-state index in [1.54, 1.807) is 6.07 Å². The molecule has 0 radical (unpaired) electrons. The maximum atomic E-state index is 13.7. The summed E-state index contributed by atoms with van der Waals surface area (Å²) in [6.07, 6.45) is 0. The maximum Gasteiger partial charge on any atom is 0.146 e. The average molecular weight is 245 g/mol. The number of halogens is 2. The molecule has 16 heavy (non-hydrogen) atoms. The number of aryl methyl sites for hydroxylation is 1. The zero-order valence-electron chi connectivity index (χ0n) is 9.66. The van der Waals surface area contributed by atoms with E-state index in [4.69, 9.17) is 0 Å². The highest BCUT2D eigenvalue weighted by molar-refractivity contribution is 5.85. The van der Waals surface area contributed by atoms with Crippen molar-refractivity contribution in [3.05, 3.63) is 29.6 Å². The molecule has 1 aromatic rings. The molecule has 1 aromatic carbocycles. The quantitative estimate of drug-likeness (QED) is 0.816. The molecule has 0 spiro atoms. The van der Waals surface area contributed by atoms with E-state index in [1.807, 2.05) is 19.1 Å².